The minimum Gasteiger partial charge on any atom is -0.377 e. The molecule has 1 aliphatic heterocycles. The number of rotatable bonds is 23. The van der Waals surface area contributed by atoms with Crippen molar-refractivity contribution >= 4 is 53.0 Å². The molecular weight excluding hydrogens is 779 g/mol. The zero-order valence-corrected chi connectivity index (χ0v) is 35.3. The number of carbonyl (C=O) groups excluding carboxylic acids is 6. The molecule has 17 heteroatoms. The standard InChI is InChI=1S/C42H57N7O9S/c1-28-37(59-27-46-28)31-10-8-30(9-11-31)34(48-40(54)35-7-6-18-49(35)41(55)38(42(3,4)5)47-29(2)51)25-36(52)43-16-19-56-21-23-58-24-22-57-20-17-44-39(53)32-12-14-33(15-13-32)45-26-50/h8-15,26-27,34-35,38H,6-7,16-25H2,1-5H3,(H,43,52)(H,44,53)(H,45,50)(H,47,51)(H,48,54)/t34-,35-,38?/m0/s1. The van der Waals surface area contributed by atoms with Crippen LogP contribution in [-0.4, -0.2) is 117 Å². The maximum Gasteiger partial charge on any atom is 0.251 e. The first-order valence-electron chi connectivity index (χ1n) is 19.7. The van der Waals surface area contributed by atoms with Gasteiger partial charge in [-0.15, -0.1) is 11.3 Å². The van der Waals surface area contributed by atoms with Gasteiger partial charge in [0.15, 0.2) is 0 Å². The van der Waals surface area contributed by atoms with Crippen LogP contribution >= 0.6 is 11.3 Å². The summed E-state index contributed by atoms with van der Waals surface area (Å²) in [6.07, 6.45) is 1.63. The average molecular weight is 836 g/mol. The van der Waals surface area contributed by atoms with Crippen molar-refractivity contribution < 1.29 is 43.0 Å². The van der Waals surface area contributed by atoms with Crippen molar-refractivity contribution in [1.82, 2.24) is 31.2 Å². The molecule has 5 N–H and O–H groups in total. The molecule has 0 aliphatic carbocycles. The maximum atomic E-state index is 13.9. The second-order valence-electron chi connectivity index (χ2n) is 15.1. The molecule has 1 saturated heterocycles. The summed E-state index contributed by atoms with van der Waals surface area (Å²) in [6, 6.07) is 12.0. The molecule has 4 rings (SSSR count). The third-order valence-corrected chi connectivity index (χ3v) is 10.5. The first kappa shape index (κ1) is 46.5. The highest BCUT2D eigenvalue weighted by atomic mass is 32.1. The summed E-state index contributed by atoms with van der Waals surface area (Å²) >= 11 is 1.54. The van der Waals surface area contributed by atoms with Crippen molar-refractivity contribution in [2.24, 2.45) is 5.41 Å². The monoisotopic (exact) mass is 835 g/mol. The Morgan fingerprint density at radius 2 is 1.51 bits per heavy atom. The van der Waals surface area contributed by atoms with Crippen molar-refractivity contribution in [2.45, 2.75) is 72.0 Å². The lowest BCUT2D eigenvalue weighted by Crippen LogP contribution is -2.57. The van der Waals surface area contributed by atoms with E-state index in [1.165, 1.54) is 18.3 Å². The molecule has 1 aromatic heterocycles. The van der Waals surface area contributed by atoms with E-state index < -0.39 is 23.5 Å². The number of hydrogen-bond acceptors (Lipinski definition) is 11. The Balaban J connectivity index is 1.20. The lowest BCUT2D eigenvalue weighted by molar-refractivity contribution is -0.144. The van der Waals surface area contributed by atoms with Crippen LogP contribution in [0.2, 0.25) is 0 Å². The molecule has 1 fully saturated rings. The van der Waals surface area contributed by atoms with E-state index in [0.717, 1.165) is 21.7 Å². The Hall–Kier alpha value is -5.23. The zero-order valence-electron chi connectivity index (χ0n) is 34.5. The minimum atomic E-state index is -0.802. The molecule has 320 valence electrons. The first-order chi connectivity index (χ1) is 28.3. The Morgan fingerprint density at radius 3 is 2.08 bits per heavy atom. The second-order valence-corrected chi connectivity index (χ2v) is 16.0. The fourth-order valence-corrected chi connectivity index (χ4v) is 7.29. The van der Waals surface area contributed by atoms with Gasteiger partial charge >= 0.3 is 0 Å². The van der Waals surface area contributed by atoms with Crippen LogP contribution in [0.4, 0.5) is 5.69 Å². The van der Waals surface area contributed by atoms with Gasteiger partial charge in [0.1, 0.15) is 12.1 Å². The Morgan fingerprint density at radius 1 is 0.881 bits per heavy atom. The lowest BCUT2D eigenvalue weighted by atomic mass is 9.85. The molecular formula is C42H57N7O9S. The van der Waals surface area contributed by atoms with Gasteiger partial charge in [0.2, 0.25) is 30.0 Å². The molecule has 0 saturated carbocycles. The molecule has 0 spiro atoms. The highest BCUT2D eigenvalue weighted by Crippen LogP contribution is 2.30. The number of thiazole rings is 1. The predicted molar refractivity (Wildman–Crippen MR) is 224 cm³/mol. The number of hydrogen-bond donors (Lipinski definition) is 5. The number of aryl methyl sites for hydroxylation is 1. The summed E-state index contributed by atoms with van der Waals surface area (Å²) in [5.74, 6) is -1.52. The molecule has 3 atom stereocenters. The molecule has 2 heterocycles. The van der Waals surface area contributed by atoms with Crippen molar-refractivity contribution in [3.8, 4) is 10.4 Å². The van der Waals surface area contributed by atoms with E-state index in [1.807, 2.05) is 52.0 Å². The summed E-state index contributed by atoms with van der Waals surface area (Å²) in [5.41, 5.74) is 4.92. The van der Waals surface area contributed by atoms with Gasteiger partial charge in [-0.2, -0.15) is 0 Å². The van der Waals surface area contributed by atoms with Gasteiger partial charge in [-0.25, -0.2) is 4.98 Å². The van der Waals surface area contributed by atoms with E-state index in [9.17, 15) is 28.8 Å². The van der Waals surface area contributed by atoms with Gasteiger partial charge < -0.3 is 45.7 Å². The van der Waals surface area contributed by atoms with E-state index >= 15 is 0 Å². The highest BCUT2D eigenvalue weighted by Gasteiger charge is 2.42. The van der Waals surface area contributed by atoms with Gasteiger partial charge in [-0.1, -0.05) is 45.0 Å². The van der Waals surface area contributed by atoms with Crippen LogP contribution in [0.5, 0.6) is 0 Å². The maximum absolute atomic E-state index is 13.9. The molecule has 2 aromatic carbocycles. The molecule has 1 aliphatic rings. The number of carbonyl (C=O) groups is 6. The fourth-order valence-electron chi connectivity index (χ4n) is 6.47. The van der Waals surface area contributed by atoms with Gasteiger partial charge in [0.25, 0.3) is 5.91 Å². The predicted octanol–water partition coefficient (Wildman–Crippen LogP) is 3.37. The summed E-state index contributed by atoms with van der Waals surface area (Å²) in [4.78, 5) is 82.5. The van der Waals surface area contributed by atoms with E-state index in [1.54, 1.807) is 34.7 Å². The largest absolute Gasteiger partial charge is 0.377 e. The van der Waals surface area contributed by atoms with Crippen LogP contribution in [0.15, 0.2) is 54.0 Å². The molecule has 3 aromatic rings. The van der Waals surface area contributed by atoms with Crippen molar-refractivity contribution in [3.05, 3.63) is 70.9 Å². The number of aromatic nitrogens is 1. The second kappa shape index (κ2) is 23.4. The number of ether oxygens (including phenoxy) is 3. The summed E-state index contributed by atoms with van der Waals surface area (Å²) in [6.45, 7) is 11.8. The van der Waals surface area contributed by atoms with E-state index in [2.05, 4.69) is 31.6 Å². The van der Waals surface area contributed by atoms with Crippen molar-refractivity contribution in [3.63, 3.8) is 0 Å². The molecule has 0 radical (unpaired) electrons. The van der Waals surface area contributed by atoms with Crippen LogP contribution < -0.4 is 26.6 Å². The highest BCUT2D eigenvalue weighted by molar-refractivity contribution is 7.13. The third kappa shape index (κ3) is 14.8. The lowest BCUT2D eigenvalue weighted by Gasteiger charge is -2.35. The number of nitrogens with one attached hydrogen (secondary N) is 5. The molecule has 0 bridgehead atoms. The van der Waals surface area contributed by atoms with E-state index in [0.29, 0.717) is 76.6 Å². The molecule has 6 amide bonds. The topological polar surface area (TPSA) is 206 Å². The quantitative estimate of drug-likeness (QED) is 0.0696. The Kier molecular flexibility index (Phi) is 18.4. The normalized spacial score (nSPS) is 14.9. The van der Waals surface area contributed by atoms with Crippen LogP contribution in [0.25, 0.3) is 10.4 Å². The van der Waals surface area contributed by atoms with E-state index in [4.69, 9.17) is 14.2 Å². The Labute approximate surface area is 349 Å². The zero-order chi connectivity index (χ0) is 42.8. The fraction of sp³-hybridized carbons (Fsp3) is 0.500. The number of likely N-dealkylation sites (tertiary alicyclic amines) is 1. The van der Waals surface area contributed by atoms with Crippen LogP contribution in [0.3, 0.4) is 0 Å². The summed E-state index contributed by atoms with van der Waals surface area (Å²) < 4.78 is 16.6. The number of nitrogens with zero attached hydrogens (tertiary/aromatic N) is 2. The average Bonchev–Trinajstić information content (AvgIpc) is 3.88. The molecule has 1 unspecified atom stereocenters. The van der Waals surface area contributed by atoms with Crippen LogP contribution in [0.1, 0.15) is 74.6 Å². The van der Waals surface area contributed by atoms with Crippen molar-refractivity contribution in [1.29, 1.82) is 0 Å². The van der Waals surface area contributed by atoms with Crippen LogP contribution in [0, 0.1) is 12.3 Å². The third-order valence-electron chi connectivity index (χ3n) is 9.54. The SMILES string of the molecule is CC(=O)NC(C(=O)N1CCC[C@H]1C(=O)N[C@@H](CC(=O)NCCOCCOCCOCCNC(=O)c1ccc(NC=O)cc1)c1ccc(-c2scnc2C)cc1)C(C)(C)C. The Bertz CT molecular complexity index is 1850. The number of benzene rings is 2. The minimum absolute atomic E-state index is 0.0398. The van der Waals surface area contributed by atoms with Crippen molar-refractivity contribution in [2.75, 3.05) is 64.6 Å². The summed E-state index contributed by atoms with van der Waals surface area (Å²) in [7, 11) is 0. The van der Waals surface area contributed by atoms with E-state index in [-0.39, 0.29) is 49.1 Å². The molecule has 16 nitrogen and oxygen atoms in total. The van der Waals surface area contributed by atoms with Gasteiger partial charge in [-0.3, -0.25) is 28.8 Å². The first-order valence-corrected chi connectivity index (χ1v) is 20.6. The molecule has 59 heavy (non-hydrogen) atoms. The van der Waals surface area contributed by atoms with Gasteiger partial charge in [-0.05, 0) is 60.6 Å². The van der Waals surface area contributed by atoms with Gasteiger partial charge in [0.05, 0.1) is 68.2 Å². The number of amides is 6. The van der Waals surface area contributed by atoms with Crippen LogP contribution in [-0.2, 0) is 38.2 Å². The number of anilines is 1. The van der Waals surface area contributed by atoms with Gasteiger partial charge in [0, 0.05) is 37.8 Å². The summed E-state index contributed by atoms with van der Waals surface area (Å²) in [5, 5.41) is 14.0. The smallest absolute Gasteiger partial charge is 0.251 e.